The van der Waals surface area contributed by atoms with Gasteiger partial charge in [-0.1, -0.05) is 23.2 Å². The third-order valence-electron chi connectivity index (χ3n) is 2.21. The molecule has 1 aromatic heterocycles. The van der Waals surface area contributed by atoms with E-state index in [0.717, 1.165) is 5.69 Å². The summed E-state index contributed by atoms with van der Waals surface area (Å²) < 4.78 is 1.62. The van der Waals surface area contributed by atoms with Gasteiger partial charge >= 0.3 is 0 Å². The van der Waals surface area contributed by atoms with Crippen LogP contribution in [0.1, 0.15) is 11.4 Å². The molecule has 0 amide bonds. The maximum atomic E-state index is 9.21. The highest BCUT2D eigenvalue weighted by atomic mass is 35.5. The van der Waals surface area contributed by atoms with Crippen LogP contribution in [0.4, 0.5) is 0 Å². The molecule has 1 heterocycles. The summed E-state index contributed by atoms with van der Waals surface area (Å²) in [5, 5.41) is 14.6. The van der Waals surface area contributed by atoms with Crippen LogP contribution < -0.4 is 0 Å². The summed E-state index contributed by atoms with van der Waals surface area (Å²) >= 11 is 11.9. The number of benzene rings is 1. The Labute approximate surface area is 103 Å². The van der Waals surface area contributed by atoms with Gasteiger partial charge in [0.2, 0.25) is 0 Å². The molecule has 3 nitrogen and oxygen atoms in total. The Morgan fingerprint density at radius 2 is 2.06 bits per heavy atom. The third-order valence-corrected chi connectivity index (χ3v) is 2.74. The first-order valence-electron chi connectivity index (χ1n) is 4.73. The molecule has 0 atom stereocenters. The fourth-order valence-electron chi connectivity index (χ4n) is 1.53. The number of hydrogen-bond acceptors (Lipinski definition) is 2. The molecule has 0 aliphatic carbocycles. The number of aryl methyl sites for hydroxylation is 1. The van der Waals surface area contributed by atoms with Gasteiger partial charge in [0.1, 0.15) is 0 Å². The van der Waals surface area contributed by atoms with Crippen molar-refractivity contribution in [1.29, 1.82) is 0 Å². The van der Waals surface area contributed by atoms with Crippen LogP contribution in [0.15, 0.2) is 24.3 Å². The van der Waals surface area contributed by atoms with Crippen LogP contribution in [0.25, 0.3) is 5.69 Å². The van der Waals surface area contributed by atoms with Crippen molar-refractivity contribution >= 4 is 23.2 Å². The minimum absolute atomic E-state index is 0.0835. The zero-order chi connectivity index (χ0) is 11.7. The van der Waals surface area contributed by atoms with Crippen molar-refractivity contribution in [3.63, 3.8) is 0 Å². The number of hydrogen-bond donors (Lipinski definition) is 1. The van der Waals surface area contributed by atoms with Gasteiger partial charge in [-0.25, -0.2) is 4.68 Å². The van der Waals surface area contributed by atoms with Crippen molar-refractivity contribution < 1.29 is 5.11 Å². The Bertz CT molecular complexity index is 523. The molecule has 2 aromatic rings. The fourth-order valence-corrected chi connectivity index (χ4v) is 2.02. The maximum Gasteiger partial charge on any atom is 0.0854 e. The van der Waals surface area contributed by atoms with E-state index in [2.05, 4.69) is 5.10 Å². The predicted molar refractivity (Wildman–Crippen MR) is 64.2 cm³/mol. The molecule has 0 bridgehead atoms. The number of aromatic nitrogens is 2. The fraction of sp³-hybridized carbons (Fsp3) is 0.182. The molecule has 2 rings (SSSR count). The smallest absolute Gasteiger partial charge is 0.0854 e. The Morgan fingerprint density at radius 3 is 2.69 bits per heavy atom. The van der Waals surface area contributed by atoms with Gasteiger partial charge in [0, 0.05) is 5.02 Å². The van der Waals surface area contributed by atoms with Gasteiger partial charge in [-0.05, 0) is 31.2 Å². The zero-order valence-corrected chi connectivity index (χ0v) is 10.1. The largest absolute Gasteiger partial charge is 0.390 e. The van der Waals surface area contributed by atoms with E-state index < -0.39 is 0 Å². The summed E-state index contributed by atoms with van der Waals surface area (Å²) in [5.74, 6) is 0. The van der Waals surface area contributed by atoms with Gasteiger partial charge in [0.25, 0.3) is 0 Å². The van der Waals surface area contributed by atoms with Gasteiger partial charge in [-0.2, -0.15) is 5.10 Å². The molecule has 0 radical (unpaired) electrons. The number of aliphatic hydroxyl groups excluding tert-OH is 1. The lowest BCUT2D eigenvalue weighted by Crippen LogP contribution is -2.02. The van der Waals surface area contributed by atoms with Crippen LogP contribution in [0, 0.1) is 6.92 Å². The van der Waals surface area contributed by atoms with Crippen LogP contribution in [-0.2, 0) is 6.61 Å². The molecule has 0 saturated heterocycles. The van der Waals surface area contributed by atoms with Crippen molar-refractivity contribution in [1.82, 2.24) is 9.78 Å². The Kier molecular flexibility index (Phi) is 3.19. The summed E-state index contributed by atoms with van der Waals surface area (Å²) in [5.41, 5.74) is 2.24. The Balaban J connectivity index is 2.57. The van der Waals surface area contributed by atoms with E-state index >= 15 is 0 Å². The maximum absolute atomic E-state index is 9.21. The normalized spacial score (nSPS) is 10.8. The minimum atomic E-state index is -0.0835. The van der Waals surface area contributed by atoms with E-state index in [1.165, 1.54) is 0 Å². The van der Waals surface area contributed by atoms with Crippen LogP contribution in [0.3, 0.4) is 0 Å². The van der Waals surface area contributed by atoms with Crippen molar-refractivity contribution in [2.45, 2.75) is 13.5 Å². The third kappa shape index (κ3) is 2.07. The van der Waals surface area contributed by atoms with Gasteiger partial charge in [0.15, 0.2) is 0 Å². The second-order valence-electron chi connectivity index (χ2n) is 3.44. The molecule has 0 fully saturated rings. The van der Waals surface area contributed by atoms with E-state index in [-0.39, 0.29) is 6.61 Å². The Morgan fingerprint density at radius 1 is 1.31 bits per heavy atom. The number of nitrogens with zero attached hydrogens (tertiary/aromatic N) is 2. The van der Waals surface area contributed by atoms with Gasteiger partial charge in [-0.3, -0.25) is 0 Å². The van der Waals surface area contributed by atoms with Crippen LogP contribution in [-0.4, -0.2) is 14.9 Å². The van der Waals surface area contributed by atoms with E-state index in [1.54, 1.807) is 22.9 Å². The molecule has 1 aromatic carbocycles. The molecule has 1 N–H and O–H groups in total. The molecule has 0 aliphatic heterocycles. The van der Waals surface area contributed by atoms with Crippen LogP contribution in [0.2, 0.25) is 10.0 Å². The van der Waals surface area contributed by atoms with E-state index in [9.17, 15) is 5.11 Å². The molecular formula is C11H10Cl2N2O. The summed E-state index contributed by atoms with van der Waals surface area (Å²) in [6.07, 6.45) is 0. The molecule has 84 valence electrons. The summed E-state index contributed by atoms with van der Waals surface area (Å²) in [6, 6.07) is 6.97. The second-order valence-corrected chi connectivity index (χ2v) is 4.29. The van der Waals surface area contributed by atoms with Crippen molar-refractivity contribution in [3.05, 3.63) is 45.7 Å². The van der Waals surface area contributed by atoms with Crippen LogP contribution >= 0.6 is 23.2 Å². The summed E-state index contributed by atoms with van der Waals surface area (Å²) in [7, 11) is 0. The second kappa shape index (κ2) is 4.45. The van der Waals surface area contributed by atoms with E-state index in [4.69, 9.17) is 23.2 Å². The molecule has 0 saturated carbocycles. The standard InChI is InChI=1S/C11H10Cl2N2O/c1-7-4-9(6-16)15(14-7)11-3-2-8(12)5-10(11)13/h2-5,16H,6H2,1H3. The first-order chi connectivity index (χ1) is 7.61. The number of aliphatic hydroxyl groups is 1. The summed E-state index contributed by atoms with van der Waals surface area (Å²) in [6.45, 7) is 1.78. The molecule has 16 heavy (non-hydrogen) atoms. The lowest BCUT2D eigenvalue weighted by Gasteiger charge is -2.07. The molecule has 0 aliphatic rings. The molecular weight excluding hydrogens is 247 g/mol. The SMILES string of the molecule is Cc1cc(CO)n(-c2ccc(Cl)cc2Cl)n1. The average Bonchev–Trinajstić information content (AvgIpc) is 2.59. The van der Waals surface area contributed by atoms with Crippen molar-refractivity contribution in [3.8, 4) is 5.69 Å². The average molecular weight is 257 g/mol. The lowest BCUT2D eigenvalue weighted by molar-refractivity contribution is 0.273. The van der Waals surface area contributed by atoms with Gasteiger partial charge in [-0.15, -0.1) is 0 Å². The van der Waals surface area contributed by atoms with Gasteiger partial charge < -0.3 is 5.11 Å². The quantitative estimate of drug-likeness (QED) is 0.898. The highest BCUT2D eigenvalue weighted by Crippen LogP contribution is 2.25. The minimum Gasteiger partial charge on any atom is -0.390 e. The molecule has 0 spiro atoms. The topological polar surface area (TPSA) is 38.0 Å². The molecule has 5 heteroatoms. The van der Waals surface area contributed by atoms with Gasteiger partial charge in [0.05, 0.1) is 28.7 Å². The van der Waals surface area contributed by atoms with Crippen molar-refractivity contribution in [2.24, 2.45) is 0 Å². The summed E-state index contributed by atoms with van der Waals surface area (Å²) in [4.78, 5) is 0. The Hall–Kier alpha value is -1.03. The number of rotatable bonds is 2. The van der Waals surface area contributed by atoms with E-state index in [0.29, 0.717) is 21.4 Å². The first-order valence-corrected chi connectivity index (χ1v) is 5.49. The highest BCUT2D eigenvalue weighted by molar-refractivity contribution is 6.35. The lowest BCUT2D eigenvalue weighted by atomic mass is 10.3. The highest BCUT2D eigenvalue weighted by Gasteiger charge is 2.10. The monoisotopic (exact) mass is 256 g/mol. The number of halogens is 2. The predicted octanol–water partition coefficient (Wildman–Crippen LogP) is 2.98. The van der Waals surface area contributed by atoms with Crippen LogP contribution in [0.5, 0.6) is 0 Å². The van der Waals surface area contributed by atoms with E-state index in [1.807, 2.05) is 13.0 Å². The first kappa shape index (κ1) is 11.5. The zero-order valence-electron chi connectivity index (χ0n) is 8.61. The molecule has 0 unspecified atom stereocenters. The van der Waals surface area contributed by atoms with Crippen molar-refractivity contribution in [2.75, 3.05) is 0 Å².